The third-order valence-corrected chi connectivity index (χ3v) is 2.66. The van der Waals surface area contributed by atoms with Crippen molar-refractivity contribution < 1.29 is 4.79 Å². The Morgan fingerprint density at radius 3 is 2.69 bits per heavy atom. The van der Waals surface area contributed by atoms with Gasteiger partial charge in [0.15, 0.2) is 0 Å². The summed E-state index contributed by atoms with van der Waals surface area (Å²) in [6, 6.07) is 1.99. The lowest BCUT2D eigenvalue weighted by atomic mass is 10.3. The van der Waals surface area contributed by atoms with Gasteiger partial charge < -0.3 is 0 Å². The SMILES string of the molecule is CC=C(C#N)C1=NC(=O)C(=CC)S1. The van der Waals surface area contributed by atoms with Crippen LogP contribution in [-0.4, -0.2) is 11.0 Å². The van der Waals surface area contributed by atoms with Gasteiger partial charge in [-0.2, -0.15) is 5.26 Å². The Morgan fingerprint density at radius 1 is 1.62 bits per heavy atom. The highest BCUT2D eigenvalue weighted by Crippen LogP contribution is 2.29. The number of thioether (sulfide) groups is 1. The fourth-order valence-electron chi connectivity index (χ4n) is 0.851. The van der Waals surface area contributed by atoms with Crippen molar-refractivity contribution in [3.8, 4) is 6.07 Å². The van der Waals surface area contributed by atoms with Crippen molar-refractivity contribution in [2.45, 2.75) is 13.8 Å². The number of carbonyl (C=O) groups excluding carboxylic acids is 1. The van der Waals surface area contributed by atoms with Crippen LogP contribution in [0, 0.1) is 11.3 Å². The summed E-state index contributed by atoms with van der Waals surface area (Å²) >= 11 is 1.25. The first-order valence-corrected chi connectivity index (χ1v) is 4.58. The van der Waals surface area contributed by atoms with Gasteiger partial charge in [0.25, 0.3) is 5.91 Å². The third kappa shape index (κ3) is 1.87. The van der Waals surface area contributed by atoms with Crippen LogP contribution in [0.15, 0.2) is 27.6 Å². The van der Waals surface area contributed by atoms with Crippen LogP contribution in [-0.2, 0) is 4.79 Å². The Hall–Kier alpha value is -1.34. The maximum absolute atomic E-state index is 11.1. The van der Waals surface area contributed by atoms with Gasteiger partial charge in [0.1, 0.15) is 11.1 Å². The van der Waals surface area contributed by atoms with Crippen LogP contribution in [0.5, 0.6) is 0 Å². The molecule has 0 unspecified atom stereocenters. The van der Waals surface area contributed by atoms with E-state index in [1.165, 1.54) is 11.8 Å². The average molecular weight is 192 g/mol. The molecule has 4 heteroatoms. The largest absolute Gasteiger partial charge is 0.284 e. The Balaban J connectivity index is 2.97. The number of carbonyl (C=O) groups is 1. The van der Waals surface area contributed by atoms with E-state index < -0.39 is 0 Å². The second kappa shape index (κ2) is 4.06. The predicted molar refractivity (Wildman–Crippen MR) is 53.2 cm³/mol. The number of aliphatic imine (C=N–C) groups is 1. The van der Waals surface area contributed by atoms with E-state index in [2.05, 4.69) is 4.99 Å². The molecule has 0 saturated heterocycles. The minimum absolute atomic E-state index is 0.253. The molecule has 0 N–H and O–H groups in total. The minimum Gasteiger partial charge on any atom is -0.266 e. The van der Waals surface area contributed by atoms with E-state index in [9.17, 15) is 4.79 Å². The molecule has 0 aromatic carbocycles. The minimum atomic E-state index is -0.253. The summed E-state index contributed by atoms with van der Waals surface area (Å²) in [5.41, 5.74) is 0.454. The van der Waals surface area contributed by atoms with E-state index in [1.807, 2.05) is 6.07 Å². The average Bonchev–Trinajstić information content (AvgIpc) is 2.49. The molecule has 3 nitrogen and oxygen atoms in total. The van der Waals surface area contributed by atoms with Crippen LogP contribution in [0.2, 0.25) is 0 Å². The molecule has 1 amide bonds. The molecule has 1 aliphatic heterocycles. The molecule has 1 heterocycles. The Kier molecular flexibility index (Phi) is 3.04. The Morgan fingerprint density at radius 2 is 2.31 bits per heavy atom. The number of allylic oxidation sites excluding steroid dienone is 2. The van der Waals surface area contributed by atoms with Crippen molar-refractivity contribution >= 4 is 22.7 Å². The Bertz CT molecular complexity index is 372. The lowest BCUT2D eigenvalue weighted by Gasteiger charge is -1.92. The zero-order valence-electron chi connectivity index (χ0n) is 7.37. The lowest BCUT2D eigenvalue weighted by molar-refractivity contribution is -0.113. The molecule has 0 saturated carbocycles. The first-order valence-electron chi connectivity index (χ1n) is 3.77. The fraction of sp³-hybridized carbons (Fsp3) is 0.222. The molecule has 0 bridgehead atoms. The van der Waals surface area contributed by atoms with Gasteiger partial charge >= 0.3 is 0 Å². The lowest BCUT2D eigenvalue weighted by Crippen LogP contribution is -1.90. The molecule has 1 aliphatic rings. The highest BCUT2D eigenvalue weighted by atomic mass is 32.2. The second-order valence-corrected chi connectivity index (χ2v) is 3.32. The van der Waals surface area contributed by atoms with Gasteiger partial charge in [-0.25, -0.2) is 4.99 Å². The molecule has 13 heavy (non-hydrogen) atoms. The van der Waals surface area contributed by atoms with Crippen molar-refractivity contribution in [2.24, 2.45) is 4.99 Å². The molecule has 0 aromatic rings. The van der Waals surface area contributed by atoms with Crippen molar-refractivity contribution in [3.05, 3.63) is 22.6 Å². The molecule has 0 atom stereocenters. The monoisotopic (exact) mass is 192 g/mol. The maximum Gasteiger partial charge on any atom is 0.284 e. The maximum atomic E-state index is 11.1. The molecule has 0 radical (unpaired) electrons. The summed E-state index contributed by atoms with van der Waals surface area (Å²) in [6.07, 6.45) is 3.35. The molecule has 66 valence electrons. The summed E-state index contributed by atoms with van der Waals surface area (Å²) < 4.78 is 0. The first-order chi connectivity index (χ1) is 6.22. The number of nitriles is 1. The fourth-order valence-corrected chi connectivity index (χ4v) is 1.71. The third-order valence-electron chi connectivity index (χ3n) is 1.52. The molecule has 0 aromatic heterocycles. The summed E-state index contributed by atoms with van der Waals surface area (Å²) in [5.74, 6) is -0.253. The number of hydrogen-bond acceptors (Lipinski definition) is 3. The zero-order valence-corrected chi connectivity index (χ0v) is 8.18. The molecule has 0 aliphatic carbocycles. The van der Waals surface area contributed by atoms with Gasteiger partial charge in [0.2, 0.25) is 0 Å². The van der Waals surface area contributed by atoms with Crippen LogP contribution in [0.4, 0.5) is 0 Å². The second-order valence-electron chi connectivity index (χ2n) is 2.29. The van der Waals surface area contributed by atoms with E-state index in [1.54, 1.807) is 26.0 Å². The van der Waals surface area contributed by atoms with Crippen LogP contribution in [0.3, 0.4) is 0 Å². The van der Waals surface area contributed by atoms with Crippen molar-refractivity contribution in [1.29, 1.82) is 5.26 Å². The van der Waals surface area contributed by atoms with Crippen molar-refractivity contribution in [1.82, 2.24) is 0 Å². The summed E-state index contributed by atoms with van der Waals surface area (Å²) in [7, 11) is 0. The van der Waals surface area contributed by atoms with Gasteiger partial charge in [-0.15, -0.1) is 0 Å². The van der Waals surface area contributed by atoms with Gasteiger partial charge in [0, 0.05) is 0 Å². The van der Waals surface area contributed by atoms with Crippen LogP contribution >= 0.6 is 11.8 Å². The topological polar surface area (TPSA) is 53.2 Å². The van der Waals surface area contributed by atoms with E-state index in [4.69, 9.17) is 5.26 Å². The molecular weight excluding hydrogens is 184 g/mol. The molecular formula is C9H8N2OS. The highest BCUT2D eigenvalue weighted by Gasteiger charge is 2.22. The van der Waals surface area contributed by atoms with Crippen molar-refractivity contribution in [2.75, 3.05) is 0 Å². The highest BCUT2D eigenvalue weighted by molar-refractivity contribution is 8.19. The standard InChI is InChI=1S/C9H8N2OS/c1-3-6(5-10)9-11-8(12)7(4-2)13-9/h3-4H,1-2H3. The number of amides is 1. The number of rotatable bonds is 1. The summed E-state index contributed by atoms with van der Waals surface area (Å²) in [6.45, 7) is 3.53. The smallest absolute Gasteiger partial charge is 0.266 e. The van der Waals surface area contributed by atoms with Gasteiger partial charge in [-0.3, -0.25) is 4.79 Å². The van der Waals surface area contributed by atoms with Crippen LogP contribution in [0.1, 0.15) is 13.8 Å². The van der Waals surface area contributed by atoms with Gasteiger partial charge in [0.05, 0.1) is 10.5 Å². The van der Waals surface area contributed by atoms with Crippen molar-refractivity contribution in [3.63, 3.8) is 0 Å². The number of nitrogens with zero attached hydrogens (tertiary/aromatic N) is 2. The normalized spacial score (nSPS) is 20.4. The summed E-state index contributed by atoms with van der Waals surface area (Å²) in [5, 5.41) is 9.19. The van der Waals surface area contributed by atoms with E-state index in [0.717, 1.165) is 0 Å². The summed E-state index contributed by atoms with van der Waals surface area (Å²) in [4.78, 5) is 15.5. The Labute approximate surface area is 80.8 Å². The van der Waals surface area contributed by atoms with E-state index >= 15 is 0 Å². The molecule has 0 fully saturated rings. The first kappa shape index (κ1) is 9.75. The van der Waals surface area contributed by atoms with Gasteiger partial charge in [-0.05, 0) is 13.8 Å². The zero-order chi connectivity index (χ0) is 9.84. The quantitative estimate of drug-likeness (QED) is 0.472. The molecule has 1 rings (SSSR count). The van der Waals surface area contributed by atoms with Crippen LogP contribution in [0.25, 0.3) is 0 Å². The van der Waals surface area contributed by atoms with Gasteiger partial charge in [-0.1, -0.05) is 23.9 Å². The van der Waals surface area contributed by atoms with Crippen LogP contribution < -0.4 is 0 Å². The van der Waals surface area contributed by atoms with E-state index in [0.29, 0.717) is 15.5 Å². The molecule has 0 spiro atoms. The predicted octanol–water partition coefficient (Wildman–Crippen LogP) is 2.03. The number of hydrogen-bond donors (Lipinski definition) is 0. The van der Waals surface area contributed by atoms with E-state index in [-0.39, 0.29) is 5.91 Å².